The number of fused-ring (bicyclic) bond motifs is 1. The predicted octanol–water partition coefficient (Wildman–Crippen LogP) is 3.27. The van der Waals surface area contributed by atoms with Gasteiger partial charge in [-0.05, 0) is 36.8 Å². The largest absolute Gasteiger partial charge is 0.343 e. The minimum atomic E-state index is 0.181. The average molecular weight is 275 g/mol. The van der Waals surface area contributed by atoms with Crippen LogP contribution in [-0.4, -0.2) is 9.55 Å². The second-order valence-corrected chi connectivity index (χ2v) is 7.36. The average Bonchev–Trinajstić information content (AvgIpc) is 2.90. The van der Waals surface area contributed by atoms with Crippen molar-refractivity contribution in [2.75, 3.05) is 0 Å². The number of hydrogen-bond acceptors (Lipinski definition) is 3. The minimum Gasteiger partial charge on any atom is -0.343 e. The summed E-state index contributed by atoms with van der Waals surface area (Å²) in [5.74, 6) is 0. The molecule has 0 radical (unpaired) electrons. The lowest BCUT2D eigenvalue weighted by Gasteiger charge is -2.34. The van der Waals surface area contributed by atoms with E-state index < -0.39 is 0 Å². The molecule has 1 aliphatic rings. The Morgan fingerprint density at radius 1 is 1.53 bits per heavy atom. The van der Waals surface area contributed by atoms with Gasteiger partial charge < -0.3 is 10.3 Å². The van der Waals surface area contributed by atoms with Gasteiger partial charge >= 0.3 is 0 Å². The van der Waals surface area contributed by atoms with E-state index in [9.17, 15) is 0 Å². The fourth-order valence-electron chi connectivity index (χ4n) is 3.20. The molecule has 2 N–H and O–H groups in total. The molecule has 0 aromatic carbocycles. The number of aromatic nitrogens is 2. The highest BCUT2D eigenvalue weighted by Crippen LogP contribution is 2.41. The molecule has 0 amide bonds. The fourth-order valence-corrected chi connectivity index (χ4v) is 3.78. The van der Waals surface area contributed by atoms with Crippen molar-refractivity contribution in [2.24, 2.45) is 11.1 Å². The topological polar surface area (TPSA) is 43.8 Å². The highest BCUT2D eigenvalue weighted by molar-refractivity contribution is 7.09. The lowest BCUT2D eigenvalue weighted by molar-refractivity contribution is 0.276. The van der Waals surface area contributed by atoms with E-state index in [-0.39, 0.29) is 6.04 Å². The van der Waals surface area contributed by atoms with Gasteiger partial charge in [-0.1, -0.05) is 13.8 Å². The zero-order valence-electron chi connectivity index (χ0n) is 11.8. The minimum absolute atomic E-state index is 0.181. The summed E-state index contributed by atoms with van der Waals surface area (Å²) in [6.07, 6.45) is 4.15. The zero-order valence-corrected chi connectivity index (χ0v) is 12.6. The van der Waals surface area contributed by atoms with Gasteiger partial charge in [-0.15, -0.1) is 11.3 Å². The van der Waals surface area contributed by atoms with Crippen LogP contribution in [0.1, 0.15) is 48.1 Å². The number of rotatable bonds is 2. The molecule has 19 heavy (non-hydrogen) atoms. The van der Waals surface area contributed by atoms with Crippen LogP contribution in [0, 0.1) is 12.3 Å². The monoisotopic (exact) mass is 275 g/mol. The lowest BCUT2D eigenvalue weighted by atomic mass is 9.74. The molecule has 1 aliphatic carbocycles. The van der Waals surface area contributed by atoms with Crippen molar-refractivity contribution in [2.45, 2.75) is 46.2 Å². The molecule has 2 aromatic rings. The third kappa shape index (κ3) is 2.35. The molecule has 1 unspecified atom stereocenters. The number of thiazole rings is 1. The first-order valence-corrected chi connectivity index (χ1v) is 7.66. The molecule has 3 nitrogen and oxygen atoms in total. The molecule has 0 saturated heterocycles. The maximum Gasteiger partial charge on any atom is 0.0794 e. The van der Waals surface area contributed by atoms with Crippen LogP contribution < -0.4 is 5.73 Å². The Labute approximate surface area is 118 Å². The van der Waals surface area contributed by atoms with E-state index >= 15 is 0 Å². The van der Waals surface area contributed by atoms with Crippen molar-refractivity contribution < 1.29 is 0 Å². The number of hydrogen-bond donors (Lipinski definition) is 1. The molecular formula is C15H21N3S. The molecule has 0 aliphatic heterocycles. The summed E-state index contributed by atoms with van der Waals surface area (Å²) in [5.41, 5.74) is 12.6. The Bertz CT molecular complexity index is 581. The van der Waals surface area contributed by atoms with Gasteiger partial charge in [-0.25, -0.2) is 0 Å². The molecule has 2 heterocycles. The Kier molecular flexibility index (Phi) is 3.02. The summed E-state index contributed by atoms with van der Waals surface area (Å²) in [6.45, 7) is 7.73. The SMILES string of the molecule is Cc1cc2c(n1Cc1cncs1)CC(C)(C)CC2N. The van der Waals surface area contributed by atoms with Gasteiger partial charge in [0, 0.05) is 28.5 Å². The smallest absolute Gasteiger partial charge is 0.0794 e. The van der Waals surface area contributed by atoms with Crippen molar-refractivity contribution in [3.05, 3.63) is 39.6 Å². The van der Waals surface area contributed by atoms with E-state index in [1.54, 1.807) is 11.3 Å². The summed E-state index contributed by atoms with van der Waals surface area (Å²) in [7, 11) is 0. The molecule has 0 saturated carbocycles. The first kappa shape index (κ1) is 12.9. The van der Waals surface area contributed by atoms with Crippen LogP contribution in [0.2, 0.25) is 0 Å². The summed E-state index contributed by atoms with van der Waals surface area (Å²) < 4.78 is 2.42. The third-order valence-corrected chi connectivity index (χ3v) is 4.83. The maximum absolute atomic E-state index is 6.35. The van der Waals surface area contributed by atoms with E-state index in [0.29, 0.717) is 5.41 Å². The molecule has 1 atom stereocenters. The Morgan fingerprint density at radius 3 is 3.00 bits per heavy atom. The van der Waals surface area contributed by atoms with Gasteiger partial charge in [-0.2, -0.15) is 0 Å². The van der Waals surface area contributed by atoms with Gasteiger partial charge in [0.05, 0.1) is 12.1 Å². The molecule has 0 spiro atoms. The van der Waals surface area contributed by atoms with Crippen molar-refractivity contribution in [3.8, 4) is 0 Å². The normalized spacial score (nSPS) is 21.4. The summed E-state index contributed by atoms with van der Waals surface area (Å²) in [6, 6.07) is 2.45. The molecule has 2 aromatic heterocycles. The van der Waals surface area contributed by atoms with Crippen LogP contribution in [0.5, 0.6) is 0 Å². The third-order valence-electron chi connectivity index (χ3n) is 4.06. The van der Waals surface area contributed by atoms with Crippen molar-refractivity contribution >= 4 is 11.3 Å². The molecule has 3 rings (SSSR count). The quantitative estimate of drug-likeness (QED) is 0.914. The molecule has 0 fully saturated rings. The second-order valence-electron chi connectivity index (χ2n) is 6.39. The Balaban J connectivity index is 2.02. The Morgan fingerprint density at radius 2 is 2.32 bits per heavy atom. The highest BCUT2D eigenvalue weighted by atomic mass is 32.1. The van der Waals surface area contributed by atoms with Gasteiger partial charge in [0.1, 0.15) is 0 Å². The first-order chi connectivity index (χ1) is 8.96. The number of nitrogens with two attached hydrogens (primary N) is 1. The van der Waals surface area contributed by atoms with E-state index in [1.807, 2.05) is 11.7 Å². The lowest BCUT2D eigenvalue weighted by Crippen LogP contribution is -2.30. The van der Waals surface area contributed by atoms with E-state index in [1.165, 1.54) is 21.8 Å². The van der Waals surface area contributed by atoms with Crippen molar-refractivity contribution in [3.63, 3.8) is 0 Å². The highest BCUT2D eigenvalue weighted by Gasteiger charge is 2.33. The van der Waals surface area contributed by atoms with Crippen molar-refractivity contribution in [1.29, 1.82) is 0 Å². The summed E-state index contributed by atoms with van der Waals surface area (Å²) in [4.78, 5) is 5.47. The Hall–Kier alpha value is -1.13. The first-order valence-electron chi connectivity index (χ1n) is 6.78. The van der Waals surface area contributed by atoms with E-state index in [0.717, 1.165) is 19.4 Å². The van der Waals surface area contributed by atoms with Crippen LogP contribution in [0.4, 0.5) is 0 Å². The van der Waals surface area contributed by atoms with Gasteiger partial charge in [0.2, 0.25) is 0 Å². The molecule has 102 valence electrons. The number of aryl methyl sites for hydroxylation is 1. The van der Waals surface area contributed by atoms with Gasteiger partial charge in [-0.3, -0.25) is 4.98 Å². The van der Waals surface area contributed by atoms with Crippen molar-refractivity contribution in [1.82, 2.24) is 9.55 Å². The fraction of sp³-hybridized carbons (Fsp3) is 0.533. The zero-order chi connectivity index (χ0) is 13.6. The van der Waals surface area contributed by atoms with Crippen LogP contribution in [-0.2, 0) is 13.0 Å². The van der Waals surface area contributed by atoms with Gasteiger partial charge in [0.15, 0.2) is 0 Å². The maximum atomic E-state index is 6.35. The molecular weight excluding hydrogens is 254 g/mol. The standard InChI is InChI=1S/C15H21N3S/c1-10-4-12-13(16)5-15(2,3)6-14(12)18(10)8-11-7-17-9-19-11/h4,7,9,13H,5-6,8,16H2,1-3H3. The van der Waals surface area contributed by atoms with E-state index in [4.69, 9.17) is 5.73 Å². The van der Waals surface area contributed by atoms with Crippen LogP contribution in [0.25, 0.3) is 0 Å². The predicted molar refractivity (Wildman–Crippen MR) is 79.4 cm³/mol. The summed E-state index contributed by atoms with van der Waals surface area (Å²) in [5, 5.41) is 0. The van der Waals surface area contributed by atoms with Gasteiger partial charge in [0.25, 0.3) is 0 Å². The molecule has 4 heteroatoms. The van der Waals surface area contributed by atoms with Crippen LogP contribution in [0.3, 0.4) is 0 Å². The molecule has 0 bridgehead atoms. The van der Waals surface area contributed by atoms with Crippen LogP contribution in [0.15, 0.2) is 17.8 Å². The van der Waals surface area contributed by atoms with E-state index in [2.05, 4.69) is 36.4 Å². The number of nitrogens with zero attached hydrogens (tertiary/aromatic N) is 2. The summed E-state index contributed by atoms with van der Waals surface area (Å²) >= 11 is 1.72. The van der Waals surface area contributed by atoms with Crippen LogP contribution >= 0.6 is 11.3 Å². The second kappa shape index (κ2) is 4.46.